The van der Waals surface area contributed by atoms with Gasteiger partial charge in [-0.25, -0.2) is 4.79 Å². The third kappa shape index (κ3) is 3.11. The summed E-state index contributed by atoms with van der Waals surface area (Å²) in [6.07, 6.45) is 0.423. The van der Waals surface area contributed by atoms with Gasteiger partial charge >= 0.3 is 6.09 Å². The number of carbonyl (C=O) groups is 3. The molecule has 2 fully saturated rings. The summed E-state index contributed by atoms with van der Waals surface area (Å²) in [6.45, 7) is 4.43. The number of nitrogens with one attached hydrogen (secondary N) is 1. The number of primary amides is 1. The fourth-order valence-corrected chi connectivity index (χ4v) is 4.61. The van der Waals surface area contributed by atoms with Crippen molar-refractivity contribution in [2.75, 3.05) is 26.9 Å². The number of methoxy groups -OCH3 is 1. The number of carboxylic acid groups (broad SMARTS) is 1. The van der Waals surface area contributed by atoms with E-state index in [1.54, 1.807) is 14.0 Å². The molecule has 0 aromatic heterocycles. The molecule has 0 aromatic carbocycles. The fraction of sp³-hybridized carbons (Fsp3) is 0.632. The van der Waals surface area contributed by atoms with Gasteiger partial charge in [-0.2, -0.15) is 0 Å². The first-order chi connectivity index (χ1) is 13.8. The van der Waals surface area contributed by atoms with Crippen LogP contribution >= 0.6 is 0 Å². The highest BCUT2D eigenvalue weighted by Crippen LogP contribution is 2.55. The molecule has 10 nitrogen and oxygen atoms in total. The second kappa shape index (κ2) is 7.77. The lowest BCUT2D eigenvalue weighted by molar-refractivity contribution is -0.137. The number of piperazine rings is 1. The van der Waals surface area contributed by atoms with Gasteiger partial charge in [0, 0.05) is 30.8 Å². The van der Waals surface area contributed by atoms with Crippen molar-refractivity contribution in [1.82, 2.24) is 10.2 Å². The molecule has 4 atom stereocenters. The molecule has 3 heterocycles. The maximum Gasteiger partial charge on any atom is 0.402 e. The second-order valence-electron chi connectivity index (χ2n) is 7.47. The van der Waals surface area contributed by atoms with Gasteiger partial charge in [-0.1, -0.05) is 13.3 Å². The second-order valence-corrected chi connectivity index (χ2v) is 7.47. The quantitative estimate of drug-likeness (QED) is 0.263. The molecule has 1 amide bonds. The number of ether oxygens (including phenoxy) is 2. The highest BCUT2D eigenvalue weighted by Gasteiger charge is 2.72. The van der Waals surface area contributed by atoms with Crippen molar-refractivity contribution in [2.45, 2.75) is 44.5 Å². The van der Waals surface area contributed by atoms with E-state index in [1.165, 1.54) is 0 Å². The molecule has 5 N–H and O–H groups in total. The Morgan fingerprint density at radius 3 is 2.59 bits per heavy atom. The molecule has 10 heteroatoms. The highest BCUT2D eigenvalue weighted by atomic mass is 16.5. The molecule has 0 spiro atoms. The van der Waals surface area contributed by atoms with Gasteiger partial charge < -0.3 is 35.6 Å². The zero-order chi connectivity index (χ0) is 21.5. The van der Waals surface area contributed by atoms with E-state index >= 15 is 0 Å². The number of aliphatic hydroxyl groups excluding tert-OH is 1. The van der Waals surface area contributed by atoms with Crippen molar-refractivity contribution < 1.29 is 34.1 Å². The summed E-state index contributed by atoms with van der Waals surface area (Å²) in [6, 6.07) is 0.253. The molecule has 3 aliphatic heterocycles. The molecule has 4 rings (SSSR count). The van der Waals surface area contributed by atoms with Crippen molar-refractivity contribution in [2.24, 2.45) is 11.7 Å². The number of unbranched alkanes of at least 4 members (excludes halogenated alkanes) is 1. The molecule has 0 bridgehead atoms. The number of carbonyl (C=O) groups excluding carboxylic acids is 2. The van der Waals surface area contributed by atoms with Crippen LogP contribution in [0, 0.1) is 5.92 Å². The van der Waals surface area contributed by atoms with Gasteiger partial charge in [0.15, 0.2) is 11.5 Å². The Kier molecular flexibility index (Phi) is 5.70. The molecule has 29 heavy (non-hydrogen) atoms. The Bertz CT molecular complexity index is 802. The number of nitrogens with zero attached hydrogens (tertiary/aromatic N) is 1. The predicted molar refractivity (Wildman–Crippen MR) is 101 cm³/mol. The number of aliphatic hydroxyl groups is 1. The fourth-order valence-electron chi connectivity index (χ4n) is 4.61. The van der Waals surface area contributed by atoms with E-state index in [0.29, 0.717) is 30.0 Å². The minimum atomic E-state index is -1.33. The van der Waals surface area contributed by atoms with Crippen LogP contribution in [0.4, 0.5) is 4.79 Å². The van der Waals surface area contributed by atoms with E-state index in [1.807, 2.05) is 11.8 Å². The normalized spacial score (nSPS) is 31.9. The number of hydrogen-bond acceptors (Lipinski definition) is 8. The van der Waals surface area contributed by atoms with Crippen LogP contribution in [-0.4, -0.2) is 77.4 Å². The molecule has 2 saturated heterocycles. The maximum atomic E-state index is 13.1. The summed E-state index contributed by atoms with van der Waals surface area (Å²) in [7, 11) is 1.57. The van der Waals surface area contributed by atoms with Crippen LogP contribution in [0.5, 0.6) is 0 Å². The number of Topliss-reactive ketones (excluding diaryl/α,β-unsaturated/α-hetero) is 2. The molecule has 0 saturated carbocycles. The topological polar surface area (TPSA) is 161 Å². The molecule has 0 radical (unpaired) electrons. The van der Waals surface area contributed by atoms with Gasteiger partial charge in [0.25, 0.3) is 0 Å². The van der Waals surface area contributed by atoms with E-state index in [-0.39, 0.29) is 36.0 Å². The van der Waals surface area contributed by atoms with Gasteiger partial charge in [0.05, 0.1) is 30.9 Å². The lowest BCUT2D eigenvalue weighted by Gasteiger charge is -2.39. The first-order valence-electron chi connectivity index (χ1n) is 9.61. The van der Waals surface area contributed by atoms with Crippen molar-refractivity contribution >= 4 is 17.7 Å². The van der Waals surface area contributed by atoms with Crippen LogP contribution in [0.25, 0.3) is 0 Å². The van der Waals surface area contributed by atoms with Crippen LogP contribution in [0.15, 0.2) is 22.6 Å². The van der Waals surface area contributed by atoms with Crippen LogP contribution in [-0.2, 0) is 19.1 Å². The molecular weight excluding hydrogens is 382 g/mol. The lowest BCUT2D eigenvalue weighted by Crippen LogP contribution is -2.54. The monoisotopic (exact) mass is 409 g/mol. The SMILES string of the molecule is CCCCOC1=C(C)C(=O)C2=C(C1=O)C(CO)C1(OC)C3NC3CN21.NC(=O)O. The minimum Gasteiger partial charge on any atom is -0.489 e. The number of allylic oxidation sites excluding steroid dienone is 2. The van der Waals surface area contributed by atoms with Gasteiger partial charge in [0.2, 0.25) is 11.6 Å². The van der Waals surface area contributed by atoms with Crippen molar-refractivity contribution in [3.05, 3.63) is 22.6 Å². The maximum absolute atomic E-state index is 13.1. The average molecular weight is 409 g/mol. The number of amides is 1. The standard InChI is InChI=1S/C18H24N2O5.CH3NO2/c1-4-5-6-25-16-9(2)14(22)13-12(15(16)23)10(8-21)18(24-3)17-11(19-17)7-20(13)18;2-1(3)4/h10-11,17,19,21H,4-8H2,1-3H3;2H2,(H,3,4). The van der Waals surface area contributed by atoms with E-state index in [0.717, 1.165) is 12.8 Å². The zero-order valence-electron chi connectivity index (χ0n) is 16.7. The van der Waals surface area contributed by atoms with Gasteiger partial charge in [-0.05, 0) is 13.3 Å². The van der Waals surface area contributed by atoms with Gasteiger partial charge in [-0.3, -0.25) is 9.59 Å². The van der Waals surface area contributed by atoms with Crippen LogP contribution < -0.4 is 11.1 Å². The summed E-state index contributed by atoms with van der Waals surface area (Å²) < 4.78 is 11.5. The van der Waals surface area contributed by atoms with E-state index in [4.69, 9.17) is 19.4 Å². The first-order valence-corrected chi connectivity index (χ1v) is 9.61. The van der Waals surface area contributed by atoms with Crippen LogP contribution in [0.2, 0.25) is 0 Å². The summed E-state index contributed by atoms with van der Waals surface area (Å²) in [5.74, 6) is -0.916. The molecule has 4 aliphatic rings. The Balaban J connectivity index is 0.000000552. The van der Waals surface area contributed by atoms with Crippen molar-refractivity contribution in [3.63, 3.8) is 0 Å². The summed E-state index contributed by atoms with van der Waals surface area (Å²) >= 11 is 0. The Hall–Kier alpha value is -2.43. The third-order valence-electron chi connectivity index (χ3n) is 5.91. The Morgan fingerprint density at radius 1 is 1.38 bits per heavy atom. The van der Waals surface area contributed by atoms with E-state index in [9.17, 15) is 14.7 Å². The molecule has 1 aliphatic carbocycles. The number of fused-ring (bicyclic) bond motifs is 4. The predicted octanol–water partition coefficient (Wildman–Crippen LogP) is -0.273. The summed E-state index contributed by atoms with van der Waals surface area (Å²) in [4.78, 5) is 36.8. The Labute approximate surface area is 168 Å². The molecule has 160 valence electrons. The lowest BCUT2D eigenvalue weighted by atomic mass is 9.83. The first kappa shape index (κ1) is 21.3. The average Bonchev–Trinajstić information content (AvgIpc) is 3.28. The van der Waals surface area contributed by atoms with Crippen LogP contribution in [0.1, 0.15) is 26.7 Å². The summed E-state index contributed by atoms with van der Waals surface area (Å²) in [5.41, 5.74) is 4.24. The van der Waals surface area contributed by atoms with Crippen LogP contribution in [0.3, 0.4) is 0 Å². The number of rotatable bonds is 6. The molecule has 0 aromatic rings. The van der Waals surface area contributed by atoms with E-state index < -0.39 is 17.7 Å². The number of hydrogen-bond donors (Lipinski definition) is 4. The largest absolute Gasteiger partial charge is 0.489 e. The van der Waals surface area contributed by atoms with Gasteiger partial charge in [-0.15, -0.1) is 0 Å². The van der Waals surface area contributed by atoms with Gasteiger partial charge in [0.1, 0.15) is 0 Å². The zero-order valence-corrected chi connectivity index (χ0v) is 16.7. The van der Waals surface area contributed by atoms with Crippen molar-refractivity contribution in [1.29, 1.82) is 0 Å². The number of ketones is 2. The molecular formula is C19H27N3O7. The highest BCUT2D eigenvalue weighted by molar-refractivity contribution is 6.25. The third-order valence-corrected chi connectivity index (χ3v) is 5.91. The summed E-state index contributed by atoms with van der Waals surface area (Å²) in [5, 5.41) is 20.6. The Morgan fingerprint density at radius 2 is 2.03 bits per heavy atom. The number of nitrogens with two attached hydrogens (primary N) is 1. The molecule has 4 unspecified atom stereocenters. The van der Waals surface area contributed by atoms with Crippen molar-refractivity contribution in [3.8, 4) is 0 Å². The minimum absolute atomic E-state index is 0.0191. The smallest absolute Gasteiger partial charge is 0.402 e. The van der Waals surface area contributed by atoms with E-state index in [2.05, 4.69) is 11.1 Å².